The molecule has 148 valence electrons. The summed E-state index contributed by atoms with van der Waals surface area (Å²) in [7, 11) is 0. The Kier molecular flexibility index (Phi) is 6.52. The third-order valence-corrected chi connectivity index (χ3v) is 5.51. The highest BCUT2D eigenvalue weighted by Gasteiger charge is 2.24. The summed E-state index contributed by atoms with van der Waals surface area (Å²) in [5.41, 5.74) is 1.87. The number of amides is 1. The van der Waals surface area contributed by atoms with Crippen LogP contribution < -0.4 is 4.90 Å². The number of piperazine rings is 1. The number of nitro groups is 1. The second kappa shape index (κ2) is 9.26. The summed E-state index contributed by atoms with van der Waals surface area (Å²) in [6.07, 6.45) is 3.61. The number of benzene rings is 2. The van der Waals surface area contributed by atoms with Crippen LogP contribution in [0.3, 0.4) is 0 Å². The van der Waals surface area contributed by atoms with Crippen molar-refractivity contribution in [2.75, 3.05) is 37.3 Å². The van der Waals surface area contributed by atoms with Gasteiger partial charge in [-0.15, -0.1) is 11.8 Å². The molecule has 1 aliphatic rings. The second-order valence-corrected chi connectivity index (χ2v) is 7.38. The van der Waals surface area contributed by atoms with E-state index in [0.717, 1.165) is 16.1 Å². The van der Waals surface area contributed by atoms with Crippen LogP contribution in [-0.2, 0) is 4.79 Å². The van der Waals surface area contributed by atoms with Gasteiger partial charge >= 0.3 is 0 Å². The molecule has 2 aromatic carbocycles. The predicted octanol–water partition coefficient (Wildman–Crippen LogP) is 3.57. The molecular weight excluding hydrogens is 388 g/mol. The number of nitriles is 1. The lowest BCUT2D eigenvalue weighted by Crippen LogP contribution is -2.49. The zero-order chi connectivity index (χ0) is 20.8. The molecule has 29 heavy (non-hydrogen) atoms. The standard InChI is InChI=1S/C21H20N4O3S/c1-29-20-8-2-16(3-9-20)14-17(15-22)21(26)24-12-10-23(11-13-24)18-4-6-19(7-5-18)25(27)28/h2-9,14H,10-13H2,1H3/b17-14+. The number of nitrogens with zero attached hydrogens (tertiary/aromatic N) is 4. The van der Waals surface area contributed by atoms with Gasteiger partial charge in [-0.25, -0.2) is 0 Å². The van der Waals surface area contributed by atoms with Crippen LogP contribution in [0.4, 0.5) is 11.4 Å². The SMILES string of the molecule is CSc1ccc(/C=C(\C#N)C(=O)N2CCN(c3ccc([N+](=O)[O-])cc3)CC2)cc1. The third kappa shape index (κ3) is 4.95. The van der Waals surface area contributed by atoms with E-state index in [1.54, 1.807) is 34.9 Å². The van der Waals surface area contributed by atoms with E-state index in [2.05, 4.69) is 4.90 Å². The number of hydrogen-bond acceptors (Lipinski definition) is 6. The second-order valence-electron chi connectivity index (χ2n) is 6.50. The van der Waals surface area contributed by atoms with Gasteiger partial charge in [0.1, 0.15) is 11.6 Å². The summed E-state index contributed by atoms with van der Waals surface area (Å²) in [5, 5.41) is 20.2. The molecule has 8 heteroatoms. The number of thioether (sulfide) groups is 1. The Morgan fingerprint density at radius 2 is 1.72 bits per heavy atom. The molecule has 0 spiro atoms. The maximum absolute atomic E-state index is 12.8. The summed E-state index contributed by atoms with van der Waals surface area (Å²) in [6.45, 7) is 2.18. The first-order chi connectivity index (χ1) is 14.0. The summed E-state index contributed by atoms with van der Waals surface area (Å²) in [6, 6.07) is 16.1. The normalized spacial score (nSPS) is 14.4. The quantitative estimate of drug-likeness (QED) is 0.247. The Labute approximate surface area is 173 Å². The Bertz CT molecular complexity index is 957. The average molecular weight is 408 g/mol. The van der Waals surface area contributed by atoms with Gasteiger partial charge in [-0.05, 0) is 42.2 Å². The number of carbonyl (C=O) groups is 1. The van der Waals surface area contributed by atoms with Crippen LogP contribution >= 0.6 is 11.8 Å². The van der Waals surface area contributed by atoms with Gasteiger partial charge in [0, 0.05) is 48.9 Å². The first kappa shape index (κ1) is 20.4. The van der Waals surface area contributed by atoms with Crippen LogP contribution in [0, 0.1) is 21.4 Å². The zero-order valence-corrected chi connectivity index (χ0v) is 16.8. The van der Waals surface area contributed by atoms with Crippen LogP contribution in [-0.4, -0.2) is 48.2 Å². The first-order valence-corrected chi connectivity index (χ1v) is 10.3. The van der Waals surface area contributed by atoms with E-state index < -0.39 is 4.92 Å². The van der Waals surface area contributed by atoms with Crippen molar-refractivity contribution in [3.05, 3.63) is 69.8 Å². The molecule has 2 aromatic rings. The number of non-ortho nitro benzene ring substituents is 1. The van der Waals surface area contributed by atoms with Gasteiger partial charge in [0.2, 0.25) is 0 Å². The van der Waals surface area contributed by atoms with Crippen molar-refractivity contribution in [2.45, 2.75) is 4.90 Å². The minimum Gasteiger partial charge on any atom is -0.368 e. The van der Waals surface area contributed by atoms with E-state index in [1.165, 1.54) is 12.1 Å². The lowest BCUT2D eigenvalue weighted by atomic mass is 10.1. The molecule has 0 aromatic heterocycles. The smallest absolute Gasteiger partial charge is 0.269 e. The molecule has 0 radical (unpaired) electrons. The van der Waals surface area contributed by atoms with Crippen molar-refractivity contribution in [1.82, 2.24) is 4.90 Å². The highest BCUT2D eigenvalue weighted by molar-refractivity contribution is 7.98. The predicted molar refractivity (Wildman–Crippen MR) is 114 cm³/mol. The van der Waals surface area contributed by atoms with Crippen LogP contribution in [0.2, 0.25) is 0 Å². The number of hydrogen-bond donors (Lipinski definition) is 0. The third-order valence-electron chi connectivity index (χ3n) is 4.77. The van der Waals surface area contributed by atoms with Gasteiger partial charge in [-0.3, -0.25) is 14.9 Å². The lowest BCUT2D eigenvalue weighted by molar-refractivity contribution is -0.384. The molecule has 1 amide bonds. The summed E-state index contributed by atoms with van der Waals surface area (Å²) in [4.78, 5) is 28.0. The van der Waals surface area contributed by atoms with Crippen molar-refractivity contribution in [3.63, 3.8) is 0 Å². The molecule has 0 N–H and O–H groups in total. The first-order valence-electron chi connectivity index (χ1n) is 9.06. The van der Waals surface area contributed by atoms with Crippen LogP contribution in [0.15, 0.2) is 59.0 Å². The van der Waals surface area contributed by atoms with Crippen LogP contribution in [0.5, 0.6) is 0 Å². The molecular formula is C21H20N4O3S. The van der Waals surface area contributed by atoms with E-state index in [0.29, 0.717) is 26.2 Å². The van der Waals surface area contributed by atoms with Gasteiger partial charge in [0.05, 0.1) is 4.92 Å². The van der Waals surface area contributed by atoms with E-state index >= 15 is 0 Å². The van der Waals surface area contributed by atoms with Crippen molar-refractivity contribution in [3.8, 4) is 6.07 Å². The van der Waals surface area contributed by atoms with Gasteiger partial charge in [0.25, 0.3) is 11.6 Å². The minimum atomic E-state index is -0.426. The Balaban J connectivity index is 1.64. The molecule has 3 rings (SSSR count). The topological polar surface area (TPSA) is 90.5 Å². The Morgan fingerprint density at radius 3 is 2.24 bits per heavy atom. The van der Waals surface area contributed by atoms with E-state index in [9.17, 15) is 20.2 Å². The van der Waals surface area contributed by atoms with Crippen molar-refractivity contribution in [2.24, 2.45) is 0 Å². The molecule has 0 aliphatic carbocycles. The monoisotopic (exact) mass is 408 g/mol. The van der Waals surface area contributed by atoms with E-state index in [4.69, 9.17) is 0 Å². The van der Waals surface area contributed by atoms with Crippen LogP contribution in [0.25, 0.3) is 6.08 Å². The van der Waals surface area contributed by atoms with E-state index in [-0.39, 0.29) is 17.2 Å². The highest BCUT2D eigenvalue weighted by Crippen LogP contribution is 2.22. The Morgan fingerprint density at radius 1 is 1.10 bits per heavy atom. The maximum atomic E-state index is 12.8. The van der Waals surface area contributed by atoms with Gasteiger partial charge < -0.3 is 9.80 Å². The molecule has 0 atom stereocenters. The van der Waals surface area contributed by atoms with Gasteiger partial charge in [-0.1, -0.05) is 12.1 Å². The van der Waals surface area contributed by atoms with Crippen molar-refractivity contribution < 1.29 is 9.72 Å². The number of nitro benzene ring substituents is 1. The van der Waals surface area contributed by atoms with Crippen molar-refractivity contribution in [1.29, 1.82) is 5.26 Å². The summed E-state index contributed by atoms with van der Waals surface area (Å²) >= 11 is 1.63. The lowest BCUT2D eigenvalue weighted by Gasteiger charge is -2.36. The minimum absolute atomic E-state index is 0.0527. The highest BCUT2D eigenvalue weighted by atomic mass is 32.2. The molecule has 0 unspecified atom stereocenters. The molecule has 7 nitrogen and oxygen atoms in total. The summed E-state index contributed by atoms with van der Waals surface area (Å²) < 4.78 is 0. The molecule has 0 bridgehead atoms. The fraction of sp³-hybridized carbons (Fsp3) is 0.238. The Hall–Kier alpha value is -3.31. The van der Waals surface area contributed by atoms with Crippen LogP contribution in [0.1, 0.15) is 5.56 Å². The van der Waals surface area contributed by atoms with Gasteiger partial charge in [-0.2, -0.15) is 5.26 Å². The fourth-order valence-electron chi connectivity index (χ4n) is 3.13. The molecule has 1 fully saturated rings. The number of rotatable bonds is 5. The van der Waals surface area contributed by atoms with Crippen molar-refractivity contribution >= 4 is 35.1 Å². The van der Waals surface area contributed by atoms with E-state index in [1.807, 2.05) is 36.6 Å². The largest absolute Gasteiger partial charge is 0.368 e. The number of anilines is 1. The molecule has 1 saturated heterocycles. The molecule has 1 heterocycles. The zero-order valence-electron chi connectivity index (χ0n) is 15.9. The maximum Gasteiger partial charge on any atom is 0.269 e. The average Bonchev–Trinajstić information content (AvgIpc) is 2.77. The number of carbonyl (C=O) groups excluding carboxylic acids is 1. The molecule has 1 aliphatic heterocycles. The molecule has 0 saturated carbocycles. The van der Waals surface area contributed by atoms with Gasteiger partial charge in [0.15, 0.2) is 0 Å². The fourth-order valence-corrected chi connectivity index (χ4v) is 3.54. The summed E-state index contributed by atoms with van der Waals surface area (Å²) in [5.74, 6) is -0.273.